The molecule has 0 aromatic rings. The number of carbonyl (C=O) groups excluding carboxylic acids is 2. The van der Waals surface area contributed by atoms with Crippen molar-refractivity contribution in [2.75, 3.05) is 13.2 Å². The third kappa shape index (κ3) is 10.9. The van der Waals surface area contributed by atoms with Gasteiger partial charge in [0.05, 0.1) is 13.2 Å². The monoisotopic (exact) mass is 400 g/mol. The highest BCUT2D eigenvalue weighted by Crippen LogP contribution is 2.30. The molecule has 0 heterocycles. The van der Waals surface area contributed by atoms with Gasteiger partial charge in [-0.05, 0) is 36.8 Å². The van der Waals surface area contributed by atoms with E-state index >= 15 is 0 Å². The van der Waals surface area contributed by atoms with E-state index in [-0.39, 0.29) is 23.0 Å². The van der Waals surface area contributed by atoms with Crippen LogP contribution in [0.15, 0.2) is 0 Å². The minimum absolute atomic E-state index is 0.250. The molecule has 0 unspecified atom stereocenters. The van der Waals surface area contributed by atoms with Crippen LogP contribution in [-0.4, -0.2) is 32.5 Å². The zero-order chi connectivity index (χ0) is 20.7. The van der Waals surface area contributed by atoms with E-state index in [4.69, 9.17) is 9.47 Å². The van der Waals surface area contributed by atoms with Gasteiger partial charge in [-0.25, -0.2) is 0 Å². The van der Waals surface area contributed by atoms with E-state index in [2.05, 4.69) is 41.5 Å². The molecule has 0 spiro atoms. The molecule has 0 atom stereocenters. The number of hydrogen-bond donors (Lipinski definition) is 0. The third-order valence-electron chi connectivity index (χ3n) is 4.76. The van der Waals surface area contributed by atoms with Gasteiger partial charge in [0.15, 0.2) is 0 Å². The van der Waals surface area contributed by atoms with Crippen molar-refractivity contribution >= 4 is 19.3 Å². The summed E-state index contributed by atoms with van der Waals surface area (Å²) in [5.74, 6) is 0.548. The van der Waals surface area contributed by atoms with Gasteiger partial charge in [-0.3, -0.25) is 9.59 Å². The van der Waals surface area contributed by atoms with Gasteiger partial charge in [0.25, 0.3) is 11.2 Å². The molecule has 0 rings (SSSR count). The van der Waals surface area contributed by atoms with Crippen molar-refractivity contribution in [2.24, 2.45) is 11.8 Å². The van der Waals surface area contributed by atoms with E-state index in [1.807, 2.05) is 0 Å². The lowest BCUT2D eigenvalue weighted by Crippen LogP contribution is -2.54. The van der Waals surface area contributed by atoms with Crippen LogP contribution in [0.25, 0.3) is 0 Å². The quantitative estimate of drug-likeness (QED) is 0.201. The molecule has 0 saturated heterocycles. The zero-order valence-electron chi connectivity index (χ0n) is 18.8. The summed E-state index contributed by atoms with van der Waals surface area (Å²) in [5.41, 5.74) is -0.500. The second kappa shape index (κ2) is 15.1. The molecule has 27 heavy (non-hydrogen) atoms. The van der Waals surface area contributed by atoms with Gasteiger partial charge < -0.3 is 9.47 Å². The normalized spacial score (nSPS) is 11.9. The molecule has 160 valence electrons. The van der Waals surface area contributed by atoms with Crippen LogP contribution in [0, 0.1) is 11.8 Å². The Labute approximate surface area is 168 Å². The standard InChI is InChI=1S/C22H44O4Si/c1-7-9-11-13-15-25-21(23)27(17-19(3)4,18-20(5)6)22(24)26-16-14-12-10-8-2/h19-20H,7-18H2,1-6H3. The minimum atomic E-state index is -2.99. The zero-order valence-corrected chi connectivity index (χ0v) is 19.8. The second-order valence-electron chi connectivity index (χ2n) is 8.67. The number of carbonyl (C=O) groups is 2. The molecule has 5 heteroatoms. The van der Waals surface area contributed by atoms with E-state index in [9.17, 15) is 9.59 Å². The van der Waals surface area contributed by atoms with E-state index in [1.165, 1.54) is 0 Å². The van der Waals surface area contributed by atoms with Crippen LogP contribution in [0.5, 0.6) is 0 Å². The van der Waals surface area contributed by atoms with Crippen LogP contribution in [0.4, 0.5) is 9.59 Å². The van der Waals surface area contributed by atoms with Crippen LogP contribution in [0.1, 0.15) is 92.9 Å². The van der Waals surface area contributed by atoms with Crippen molar-refractivity contribution in [3.63, 3.8) is 0 Å². The van der Waals surface area contributed by atoms with Crippen molar-refractivity contribution in [3.8, 4) is 0 Å². The van der Waals surface area contributed by atoms with E-state index in [0.29, 0.717) is 25.3 Å². The summed E-state index contributed by atoms with van der Waals surface area (Å²) in [6.07, 6.45) is 8.48. The van der Waals surface area contributed by atoms with Crippen molar-refractivity contribution in [1.82, 2.24) is 0 Å². The van der Waals surface area contributed by atoms with Crippen LogP contribution >= 0.6 is 0 Å². The second-order valence-corrected chi connectivity index (χ2v) is 12.5. The Balaban J connectivity index is 5.07. The average Bonchev–Trinajstić information content (AvgIpc) is 2.59. The van der Waals surface area contributed by atoms with Gasteiger partial charge in [0.2, 0.25) is 0 Å². The van der Waals surface area contributed by atoms with Gasteiger partial charge in [0.1, 0.15) is 0 Å². The van der Waals surface area contributed by atoms with Gasteiger partial charge in [-0.15, -0.1) is 0 Å². The summed E-state index contributed by atoms with van der Waals surface area (Å²) in [5, 5.41) is 0. The highest BCUT2D eigenvalue weighted by molar-refractivity contribution is 7.23. The predicted molar refractivity (Wildman–Crippen MR) is 116 cm³/mol. The van der Waals surface area contributed by atoms with Crippen molar-refractivity contribution in [3.05, 3.63) is 0 Å². The number of ether oxygens (including phenoxy) is 2. The maximum atomic E-state index is 13.1. The van der Waals surface area contributed by atoms with Gasteiger partial charge in [-0.2, -0.15) is 0 Å². The van der Waals surface area contributed by atoms with Crippen LogP contribution < -0.4 is 0 Å². The molecule has 0 saturated carbocycles. The molecule has 0 aliphatic carbocycles. The highest BCUT2D eigenvalue weighted by atomic mass is 28.3. The first kappa shape index (κ1) is 26.2. The summed E-state index contributed by atoms with van der Waals surface area (Å²) in [6.45, 7) is 13.5. The summed E-state index contributed by atoms with van der Waals surface area (Å²) in [6, 6.07) is 1.24. The largest absolute Gasteiger partial charge is 0.470 e. The predicted octanol–water partition coefficient (Wildman–Crippen LogP) is 7.34. The minimum Gasteiger partial charge on any atom is -0.470 e. The Bertz CT molecular complexity index is 369. The Morgan fingerprint density at radius 3 is 1.33 bits per heavy atom. The number of hydrogen-bond acceptors (Lipinski definition) is 4. The Kier molecular flexibility index (Phi) is 14.7. The van der Waals surface area contributed by atoms with Crippen LogP contribution in [0.2, 0.25) is 12.1 Å². The van der Waals surface area contributed by atoms with Gasteiger partial charge in [0, 0.05) is 0 Å². The van der Waals surface area contributed by atoms with E-state index in [0.717, 1.165) is 51.4 Å². The smallest absolute Gasteiger partial charge is 0.312 e. The molecule has 0 bridgehead atoms. The Morgan fingerprint density at radius 1 is 0.667 bits per heavy atom. The molecular formula is C22H44O4Si. The van der Waals surface area contributed by atoms with Gasteiger partial charge >= 0.3 is 8.07 Å². The maximum absolute atomic E-state index is 13.1. The van der Waals surface area contributed by atoms with E-state index in [1.54, 1.807) is 0 Å². The fourth-order valence-corrected chi connectivity index (χ4v) is 8.10. The molecule has 0 aromatic carbocycles. The molecule has 0 aromatic heterocycles. The third-order valence-corrected chi connectivity index (χ3v) is 9.64. The summed E-state index contributed by atoms with van der Waals surface area (Å²) >= 11 is 0. The number of rotatable bonds is 16. The molecule has 0 N–H and O–H groups in total. The lowest BCUT2D eigenvalue weighted by Gasteiger charge is -2.29. The summed E-state index contributed by atoms with van der Waals surface area (Å²) in [4.78, 5) is 26.2. The molecular weight excluding hydrogens is 356 g/mol. The van der Waals surface area contributed by atoms with Crippen LogP contribution in [-0.2, 0) is 9.47 Å². The fourth-order valence-electron chi connectivity index (χ4n) is 3.56. The lowest BCUT2D eigenvalue weighted by molar-refractivity contribution is 0.156. The molecule has 4 nitrogen and oxygen atoms in total. The molecule has 0 aliphatic heterocycles. The Hall–Kier alpha value is -0.843. The molecule has 0 radical (unpaired) electrons. The van der Waals surface area contributed by atoms with Crippen molar-refractivity contribution < 1.29 is 19.1 Å². The maximum Gasteiger partial charge on any atom is 0.312 e. The highest BCUT2D eigenvalue weighted by Gasteiger charge is 2.53. The first-order valence-electron chi connectivity index (χ1n) is 11.1. The molecule has 0 amide bonds. The summed E-state index contributed by atoms with van der Waals surface area (Å²) in [7, 11) is -2.99. The van der Waals surface area contributed by atoms with Gasteiger partial charge in [-0.1, -0.05) is 80.1 Å². The Morgan fingerprint density at radius 2 is 1.04 bits per heavy atom. The molecule has 0 fully saturated rings. The first-order chi connectivity index (χ1) is 12.8. The SMILES string of the molecule is CCCCCCOC(=O)[Si](CC(C)C)(CC(C)C)C(=O)OCCCCCC. The topological polar surface area (TPSA) is 52.6 Å². The fraction of sp³-hybridized carbons (Fsp3) is 0.909. The van der Waals surface area contributed by atoms with Crippen molar-refractivity contribution in [1.29, 1.82) is 0 Å². The first-order valence-corrected chi connectivity index (χ1v) is 13.6. The van der Waals surface area contributed by atoms with Crippen molar-refractivity contribution in [2.45, 2.75) is 105 Å². The lowest BCUT2D eigenvalue weighted by atomic mass is 10.2. The van der Waals surface area contributed by atoms with E-state index < -0.39 is 8.07 Å². The van der Waals surface area contributed by atoms with Crippen LogP contribution in [0.3, 0.4) is 0 Å². The average molecular weight is 401 g/mol. The summed E-state index contributed by atoms with van der Waals surface area (Å²) < 4.78 is 11.3. The molecule has 0 aliphatic rings. The number of unbranched alkanes of at least 4 members (excludes halogenated alkanes) is 6.